The summed E-state index contributed by atoms with van der Waals surface area (Å²) in [5.74, 6) is 2.05. The number of rotatable bonds is 10. The third kappa shape index (κ3) is 5.38. The van der Waals surface area contributed by atoms with Crippen LogP contribution in [0.15, 0.2) is 60.7 Å². The largest absolute Gasteiger partial charge is 0.466 e. The molecule has 0 saturated carbocycles. The average Bonchev–Trinajstić information content (AvgIpc) is 3.65. The van der Waals surface area contributed by atoms with Gasteiger partial charge in [-0.1, -0.05) is 24.3 Å². The Bertz CT molecular complexity index is 1780. The second-order valence-electron chi connectivity index (χ2n) is 9.23. The summed E-state index contributed by atoms with van der Waals surface area (Å²) >= 11 is 0. The second-order valence-corrected chi connectivity index (χ2v) is 9.23. The number of fused-ring (bicyclic) bond motifs is 3. The lowest BCUT2D eigenvalue weighted by molar-refractivity contribution is -0.143. The molecule has 0 saturated heterocycles. The number of nitrogens with zero attached hydrogens (tertiary/aromatic N) is 7. The van der Waals surface area contributed by atoms with E-state index in [2.05, 4.69) is 20.5 Å². The van der Waals surface area contributed by atoms with E-state index in [1.807, 2.05) is 42.5 Å². The minimum atomic E-state index is -0.270. The Morgan fingerprint density at radius 2 is 1.98 bits per heavy atom. The maximum atomic E-state index is 12.1. The summed E-state index contributed by atoms with van der Waals surface area (Å²) in [4.78, 5) is 27.1. The Labute approximate surface area is 235 Å². The fraction of sp³-hybridized carbons (Fsp3) is 0.241. The Hall–Kier alpha value is -5.44. The van der Waals surface area contributed by atoms with E-state index in [0.29, 0.717) is 71.5 Å². The van der Waals surface area contributed by atoms with Crippen molar-refractivity contribution in [2.24, 2.45) is 0 Å². The van der Waals surface area contributed by atoms with Crippen LogP contribution in [-0.4, -0.2) is 51.0 Å². The van der Waals surface area contributed by atoms with Gasteiger partial charge in [0.25, 0.3) is 0 Å². The number of aromatic nitrogens is 5. The van der Waals surface area contributed by atoms with Crippen molar-refractivity contribution in [1.29, 1.82) is 0 Å². The molecule has 0 bridgehead atoms. The average molecular weight is 551 g/mol. The molecule has 12 heteroatoms. The van der Waals surface area contributed by atoms with Gasteiger partial charge in [0.2, 0.25) is 12.7 Å². The topological polar surface area (TPSA) is 121 Å². The van der Waals surface area contributed by atoms with Gasteiger partial charge in [-0.15, -0.1) is 9.89 Å². The van der Waals surface area contributed by atoms with Gasteiger partial charge in [0.05, 0.1) is 18.7 Å². The second kappa shape index (κ2) is 11.4. The Kier molecular flexibility index (Phi) is 7.15. The van der Waals surface area contributed by atoms with E-state index in [-0.39, 0.29) is 19.2 Å². The normalized spacial score (nSPS) is 11.9. The fourth-order valence-electron chi connectivity index (χ4n) is 4.58. The van der Waals surface area contributed by atoms with E-state index in [4.69, 9.17) is 30.8 Å². The molecule has 1 aliphatic rings. The van der Waals surface area contributed by atoms with Crippen molar-refractivity contribution in [3.63, 3.8) is 0 Å². The molecule has 206 valence electrons. The molecular formula is C29H26N8O4. The van der Waals surface area contributed by atoms with Gasteiger partial charge in [-0.25, -0.2) is 14.8 Å². The highest BCUT2D eigenvalue weighted by atomic mass is 16.7. The van der Waals surface area contributed by atoms with Crippen LogP contribution in [0.5, 0.6) is 11.5 Å². The molecule has 0 aliphatic carbocycles. The smallest absolute Gasteiger partial charge is 0.305 e. The number of para-hydroxylation sites is 1. The summed E-state index contributed by atoms with van der Waals surface area (Å²) in [5, 5.41) is 14.6. The molecular weight excluding hydrogens is 524 g/mol. The first-order valence-corrected chi connectivity index (χ1v) is 13.2. The SMILES string of the molecule is [C-]#[N+]c1ccc2nc(N(CCCC(=O)OCC)n3nnc4ccccc43)nc(NCc3ccc4c(c3)OCO4)c2c1. The molecule has 41 heavy (non-hydrogen) atoms. The lowest BCUT2D eigenvalue weighted by Gasteiger charge is -2.23. The third-order valence-electron chi connectivity index (χ3n) is 6.54. The Morgan fingerprint density at radius 3 is 2.85 bits per heavy atom. The van der Waals surface area contributed by atoms with Crippen molar-refractivity contribution >= 4 is 45.4 Å². The summed E-state index contributed by atoms with van der Waals surface area (Å²) in [6, 6.07) is 18.6. The predicted octanol–water partition coefficient (Wildman–Crippen LogP) is 4.88. The number of esters is 1. The standard InChI is InChI=1S/C29H26N8O4/c1-3-39-27(38)9-6-14-36(37-24-8-5-4-7-23(24)34-35-37)29-32-22-12-11-20(30-2)16-21(22)28(33-29)31-17-19-10-13-25-26(15-19)41-18-40-25/h4-5,7-8,10-13,15-16H,3,6,9,14,17-18H2,1H3,(H,31,32,33). The molecule has 0 atom stereocenters. The summed E-state index contributed by atoms with van der Waals surface area (Å²) in [5.41, 5.74) is 3.58. The molecule has 0 amide bonds. The summed E-state index contributed by atoms with van der Waals surface area (Å²) in [6.07, 6.45) is 0.708. The van der Waals surface area contributed by atoms with Crippen molar-refractivity contribution in [2.45, 2.75) is 26.3 Å². The number of benzene rings is 3. The van der Waals surface area contributed by atoms with Gasteiger partial charge in [-0.2, -0.15) is 4.98 Å². The molecule has 12 nitrogen and oxygen atoms in total. The number of carbonyl (C=O) groups excluding carboxylic acids is 1. The molecule has 2 aromatic heterocycles. The molecule has 0 fully saturated rings. The van der Waals surface area contributed by atoms with Crippen LogP contribution in [-0.2, 0) is 16.1 Å². The van der Waals surface area contributed by atoms with Crippen LogP contribution in [0.3, 0.4) is 0 Å². The minimum absolute atomic E-state index is 0.203. The van der Waals surface area contributed by atoms with Crippen molar-refractivity contribution in [2.75, 3.05) is 30.3 Å². The first kappa shape index (κ1) is 25.8. The van der Waals surface area contributed by atoms with Gasteiger partial charge in [0, 0.05) is 24.9 Å². The Morgan fingerprint density at radius 1 is 1.10 bits per heavy atom. The van der Waals surface area contributed by atoms with Gasteiger partial charge in [0.15, 0.2) is 17.2 Å². The van der Waals surface area contributed by atoms with E-state index in [1.165, 1.54) is 0 Å². The first-order valence-electron chi connectivity index (χ1n) is 13.2. The number of hydrogen-bond acceptors (Lipinski definition) is 10. The van der Waals surface area contributed by atoms with E-state index in [1.54, 1.807) is 34.9 Å². The van der Waals surface area contributed by atoms with Gasteiger partial charge < -0.3 is 19.5 Å². The number of hydrogen-bond donors (Lipinski definition) is 1. The third-order valence-corrected chi connectivity index (χ3v) is 6.54. The first-order chi connectivity index (χ1) is 20.1. The molecule has 1 N–H and O–H groups in total. The maximum absolute atomic E-state index is 12.1. The van der Waals surface area contributed by atoms with Crippen molar-refractivity contribution in [3.8, 4) is 11.5 Å². The molecule has 0 unspecified atom stereocenters. The molecule has 0 radical (unpaired) electrons. The van der Waals surface area contributed by atoms with E-state index < -0.39 is 0 Å². The zero-order valence-electron chi connectivity index (χ0n) is 22.3. The van der Waals surface area contributed by atoms with Crippen molar-refractivity contribution < 1.29 is 19.0 Å². The van der Waals surface area contributed by atoms with Gasteiger partial charge in [0.1, 0.15) is 16.9 Å². The van der Waals surface area contributed by atoms with E-state index in [0.717, 1.165) is 11.1 Å². The molecule has 5 aromatic rings. The Balaban J connectivity index is 1.39. The highest BCUT2D eigenvalue weighted by molar-refractivity contribution is 5.93. The number of ether oxygens (including phenoxy) is 3. The van der Waals surface area contributed by atoms with Gasteiger partial charge in [-0.3, -0.25) is 4.79 Å². The van der Waals surface area contributed by atoms with Crippen LogP contribution in [0.2, 0.25) is 0 Å². The molecule has 3 heterocycles. The van der Waals surface area contributed by atoms with Crippen molar-refractivity contribution in [1.82, 2.24) is 25.1 Å². The fourth-order valence-corrected chi connectivity index (χ4v) is 4.58. The van der Waals surface area contributed by atoms with Crippen LogP contribution in [0.4, 0.5) is 17.5 Å². The number of carbonyl (C=O) groups is 1. The highest BCUT2D eigenvalue weighted by Gasteiger charge is 2.20. The molecule has 1 aliphatic heterocycles. The van der Waals surface area contributed by atoms with E-state index >= 15 is 0 Å². The predicted molar refractivity (Wildman–Crippen MR) is 152 cm³/mol. The zero-order chi connectivity index (χ0) is 28.2. The maximum Gasteiger partial charge on any atom is 0.305 e. The molecule has 0 spiro atoms. The van der Waals surface area contributed by atoms with Crippen LogP contribution < -0.4 is 19.8 Å². The quantitative estimate of drug-likeness (QED) is 0.190. The van der Waals surface area contributed by atoms with Crippen molar-refractivity contribution in [3.05, 3.63) is 77.6 Å². The van der Waals surface area contributed by atoms with Gasteiger partial charge in [-0.05, 0) is 60.5 Å². The number of anilines is 2. The van der Waals surface area contributed by atoms with E-state index in [9.17, 15) is 4.79 Å². The van der Waals surface area contributed by atoms with Gasteiger partial charge >= 0.3 is 5.97 Å². The highest BCUT2D eigenvalue weighted by Crippen LogP contribution is 2.33. The van der Waals surface area contributed by atoms with Crippen LogP contribution in [0, 0.1) is 6.57 Å². The molecule has 6 rings (SSSR count). The van der Waals surface area contributed by atoms with Crippen LogP contribution in [0.1, 0.15) is 25.3 Å². The monoisotopic (exact) mass is 550 g/mol. The lowest BCUT2D eigenvalue weighted by Crippen LogP contribution is -2.34. The minimum Gasteiger partial charge on any atom is -0.466 e. The summed E-state index contributed by atoms with van der Waals surface area (Å²) in [6.45, 7) is 10.6. The summed E-state index contributed by atoms with van der Waals surface area (Å²) < 4.78 is 16.1. The zero-order valence-corrected chi connectivity index (χ0v) is 22.3. The summed E-state index contributed by atoms with van der Waals surface area (Å²) in [7, 11) is 0. The lowest BCUT2D eigenvalue weighted by atomic mass is 10.2. The van der Waals surface area contributed by atoms with Crippen LogP contribution in [0.25, 0.3) is 26.8 Å². The molecule has 3 aromatic carbocycles. The van der Waals surface area contributed by atoms with Crippen LogP contribution >= 0.6 is 0 Å². The number of nitrogens with one attached hydrogen (secondary N) is 1.